The lowest BCUT2D eigenvalue weighted by atomic mass is 10.1. The third-order valence-electron chi connectivity index (χ3n) is 4.20. The fourth-order valence-electron chi connectivity index (χ4n) is 2.87. The standard InChI is InChI=1S/C21H18BrN3O3S.BrH/c1-2-8-23-21-25(24-20(26)15-4-3-5-16(22)11-15)17(13-29-21)14-6-7-18-19(12-14)28-10-9-27-18;/h2-7,11-13H,1,8-10H2,(H,24,26);1H. The number of benzene rings is 2. The number of hydrogen-bond acceptors (Lipinski definition) is 5. The van der Waals surface area contributed by atoms with Crippen LogP contribution in [0.5, 0.6) is 11.5 Å². The van der Waals surface area contributed by atoms with E-state index in [9.17, 15) is 4.79 Å². The highest BCUT2D eigenvalue weighted by atomic mass is 79.9. The van der Waals surface area contributed by atoms with Gasteiger partial charge >= 0.3 is 0 Å². The fourth-order valence-corrected chi connectivity index (χ4v) is 4.13. The SMILES string of the molecule is Br.C=CCN=c1scc(-c2ccc3c(c2)OCCO3)n1NC(=O)c1cccc(Br)c1. The third-order valence-corrected chi connectivity index (χ3v) is 5.56. The van der Waals surface area contributed by atoms with Gasteiger partial charge in [-0.1, -0.05) is 28.1 Å². The van der Waals surface area contributed by atoms with Crippen LogP contribution in [0, 0.1) is 0 Å². The highest BCUT2D eigenvalue weighted by molar-refractivity contribution is 9.10. The summed E-state index contributed by atoms with van der Waals surface area (Å²) < 4.78 is 13.8. The minimum absolute atomic E-state index is 0. The summed E-state index contributed by atoms with van der Waals surface area (Å²) in [7, 11) is 0. The Hall–Kier alpha value is -2.36. The first-order chi connectivity index (χ1) is 14.2. The number of ether oxygens (including phenoxy) is 2. The van der Waals surface area contributed by atoms with E-state index >= 15 is 0 Å². The van der Waals surface area contributed by atoms with Crippen LogP contribution >= 0.6 is 44.2 Å². The maximum Gasteiger partial charge on any atom is 0.270 e. The average molecular weight is 553 g/mol. The predicted octanol–water partition coefficient (Wildman–Crippen LogP) is 4.80. The summed E-state index contributed by atoms with van der Waals surface area (Å²) in [5.74, 6) is 1.18. The largest absolute Gasteiger partial charge is 0.486 e. The zero-order valence-electron chi connectivity index (χ0n) is 15.8. The average Bonchev–Trinajstić information content (AvgIpc) is 3.14. The molecule has 0 spiro atoms. The van der Waals surface area contributed by atoms with Gasteiger partial charge < -0.3 is 9.47 Å². The molecule has 2 aromatic carbocycles. The zero-order valence-corrected chi connectivity index (χ0v) is 20.0. The van der Waals surface area contributed by atoms with Crippen molar-refractivity contribution < 1.29 is 14.3 Å². The maximum absolute atomic E-state index is 12.9. The number of halogens is 2. The first kappa shape index (κ1) is 22.3. The zero-order chi connectivity index (χ0) is 20.2. The molecule has 9 heteroatoms. The number of fused-ring (bicyclic) bond motifs is 1. The number of aromatic nitrogens is 1. The van der Waals surface area contributed by atoms with E-state index in [0.29, 0.717) is 35.9 Å². The van der Waals surface area contributed by atoms with Crippen molar-refractivity contribution in [2.24, 2.45) is 4.99 Å². The summed E-state index contributed by atoms with van der Waals surface area (Å²) >= 11 is 4.84. The van der Waals surface area contributed by atoms with Crippen LogP contribution < -0.4 is 19.7 Å². The van der Waals surface area contributed by atoms with Gasteiger partial charge in [-0.15, -0.1) is 34.9 Å². The molecule has 156 valence electrons. The molecular formula is C21H19Br2N3O3S. The lowest BCUT2D eigenvalue weighted by molar-refractivity contribution is 0.101. The molecule has 0 radical (unpaired) electrons. The van der Waals surface area contributed by atoms with Crippen LogP contribution in [0.2, 0.25) is 0 Å². The van der Waals surface area contributed by atoms with Crippen molar-refractivity contribution in [3.63, 3.8) is 0 Å². The van der Waals surface area contributed by atoms with E-state index in [1.807, 2.05) is 35.7 Å². The molecule has 1 N–H and O–H groups in total. The minimum atomic E-state index is -0.233. The van der Waals surface area contributed by atoms with Gasteiger partial charge in [0.25, 0.3) is 5.91 Å². The molecule has 30 heavy (non-hydrogen) atoms. The summed E-state index contributed by atoms with van der Waals surface area (Å²) in [6.45, 7) is 5.22. The molecule has 1 aliphatic rings. The van der Waals surface area contributed by atoms with E-state index in [0.717, 1.165) is 21.5 Å². The molecule has 0 aliphatic carbocycles. The highest BCUT2D eigenvalue weighted by Gasteiger charge is 2.17. The highest BCUT2D eigenvalue weighted by Crippen LogP contribution is 2.34. The Balaban J connectivity index is 0.00000256. The van der Waals surface area contributed by atoms with Crippen molar-refractivity contribution in [1.29, 1.82) is 0 Å². The van der Waals surface area contributed by atoms with Crippen molar-refractivity contribution in [1.82, 2.24) is 4.68 Å². The normalized spacial score (nSPS) is 12.8. The molecule has 0 saturated heterocycles. The van der Waals surface area contributed by atoms with E-state index in [4.69, 9.17) is 9.47 Å². The molecule has 0 saturated carbocycles. The number of nitrogens with zero attached hydrogens (tertiary/aromatic N) is 2. The Labute approximate surface area is 196 Å². The monoisotopic (exact) mass is 551 g/mol. The molecular weight excluding hydrogens is 534 g/mol. The Morgan fingerprint density at radius 2 is 2.03 bits per heavy atom. The van der Waals surface area contributed by atoms with Gasteiger partial charge in [-0.3, -0.25) is 15.2 Å². The molecule has 0 fully saturated rings. The van der Waals surface area contributed by atoms with Gasteiger partial charge in [-0.05, 0) is 36.4 Å². The number of carbonyl (C=O) groups excluding carboxylic acids is 1. The topological polar surface area (TPSA) is 64.8 Å². The Bertz CT molecular complexity index is 1140. The van der Waals surface area contributed by atoms with Crippen molar-refractivity contribution in [3.05, 3.63) is 75.3 Å². The number of rotatable bonds is 5. The molecule has 1 aromatic heterocycles. The van der Waals surface area contributed by atoms with Crippen molar-refractivity contribution >= 4 is 50.2 Å². The van der Waals surface area contributed by atoms with Gasteiger partial charge in [0.15, 0.2) is 11.5 Å². The molecule has 0 atom stereocenters. The number of nitrogens with one attached hydrogen (secondary N) is 1. The second kappa shape index (κ2) is 10.1. The lowest BCUT2D eigenvalue weighted by Gasteiger charge is -2.19. The van der Waals surface area contributed by atoms with Crippen molar-refractivity contribution in [3.8, 4) is 22.8 Å². The molecule has 0 bridgehead atoms. The van der Waals surface area contributed by atoms with E-state index in [2.05, 4.69) is 32.9 Å². The molecule has 0 unspecified atom stereocenters. The summed E-state index contributed by atoms with van der Waals surface area (Å²) in [5.41, 5.74) is 5.19. The molecule has 1 aliphatic heterocycles. The second-order valence-electron chi connectivity index (χ2n) is 6.18. The Morgan fingerprint density at radius 1 is 1.23 bits per heavy atom. The van der Waals surface area contributed by atoms with Crippen LogP contribution in [0.3, 0.4) is 0 Å². The summed E-state index contributed by atoms with van der Waals surface area (Å²) in [6.07, 6.45) is 1.71. The van der Waals surface area contributed by atoms with Gasteiger partial charge in [0, 0.05) is 21.0 Å². The van der Waals surface area contributed by atoms with Crippen LogP contribution in [0.25, 0.3) is 11.3 Å². The van der Waals surface area contributed by atoms with Gasteiger partial charge in [-0.25, -0.2) is 4.68 Å². The molecule has 1 amide bonds. The van der Waals surface area contributed by atoms with Gasteiger partial charge in [0.05, 0.1) is 12.2 Å². The summed E-state index contributed by atoms with van der Waals surface area (Å²) in [4.78, 5) is 18.0. The van der Waals surface area contributed by atoms with Gasteiger partial charge in [0.1, 0.15) is 13.2 Å². The van der Waals surface area contributed by atoms with Crippen LogP contribution in [-0.4, -0.2) is 30.3 Å². The fraction of sp³-hybridized carbons (Fsp3) is 0.143. The van der Waals surface area contributed by atoms with E-state index in [-0.39, 0.29) is 22.9 Å². The van der Waals surface area contributed by atoms with Crippen LogP contribution in [0.1, 0.15) is 10.4 Å². The lowest BCUT2D eigenvalue weighted by Crippen LogP contribution is -2.31. The molecule has 3 aromatic rings. The van der Waals surface area contributed by atoms with Crippen LogP contribution in [0.15, 0.2) is 70.0 Å². The van der Waals surface area contributed by atoms with Gasteiger partial charge in [0.2, 0.25) is 4.80 Å². The van der Waals surface area contributed by atoms with E-state index < -0.39 is 0 Å². The number of thiazole rings is 1. The van der Waals surface area contributed by atoms with Crippen molar-refractivity contribution in [2.75, 3.05) is 25.2 Å². The summed E-state index contributed by atoms with van der Waals surface area (Å²) in [6, 6.07) is 13.0. The second-order valence-corrected chi connectivity index (χ2v) is 7.93. The number of carbonyl (C=O) groups is 1. The first-order valence-corrected chi connectivity index (χ1v) is 10.6. The third kappa shape index (κ3) is 4.85. The smallest absolute Gasteiger partial charge is 0.270 e. The minimum Gasteiger partial charge on any atom is -0.486 e. The molecule has 4 rings (SSSR count). The maximum atomic E-state index is 12.9. The quantitative estimate of drug-likeness (QED) is 0.462. The summed E-state index contributed by atoms with van der Waals surface area (Å²) in [5, 5.41) is 1.95. The predicted molar refractivity (Wildman–Crippen MR) is 128 cm³/mol. The Morgan fingerprint density at radius 3 is 2.80 bits per heavy atom. The first-order valence-electron chi connectivity index (χ1n) is 8.94. The van der Waals surface area contributed by atoms with Gasteiger partial charge in [-0.2, -0.15) is 0 Å². The van der Waals surface area contributed by atoms with Crippen molar-refractivity contribution in [2.45, 2.75) is 0 Å². The van der Waals surface area contributed by atoms with E-state index in [1.54, 1.807) is 22.9 Å². The number of amides is 1. The number of hydrogen-bond donors (Lipinski definition) is 1. The molecule has 6 nitrogen and oxygen atoms in total. The Kier molecular flexibility index (Phi) is 7.52. The van der Waals surface area contributed by atoms with E-state index in [1.165, 1.54) is 11.3 Å². The van der Waals surface area contributed by atoms with Crippen LogP contribution in [-0.2, 0) is 0 Å². The molecule has 2 heterocycles. The van der Waals surface area contributed by atoms with Crippen LogP contribution in [0.4, 0.5) is 0 Å².